The molecule has 1 aromatic heterocycles. The van der Waals surface area contributed by atoms with Gasteiger partial charge in [-0.15, -0.1) is 0 Å². The molecule has 0 spiro atoms. The summed E-state index contributed by atoms with van der Waals surface area (Å²) < 4.78 is 0. The molecule has 0 fully saturated rings. The van der Waals surface area contributed by atoms with Crippen molar-refractivity contribution in [3.8, 4) is 12.1 Å². The summed E-state index contributed by atoms with van der Waals surface area (Å²) in [6, 6.07) is 11.5. The van der Waals surface area contributed by atoms with Gasteiger partial charge in [-0.25, -0.2) is 0 Å². The Hall–Kier alpha value is -2.79. The first kappa shape index (κ1) is 13.6. The summed E-state index contributed by atoms with van der Waals surface area (Å²) in [5, 5.41) is 23.7. The Morgan fingerprint density at radius 2 is 1.75 bits per heavy atom. The molecular weight excluding hydrogens is 252 g/mol. The van der Waals surface area contributed by atoms with Crippen LogP contribution < -0.4 is 5.56 Å². The van der Waals surface area contributed by atoms with E-state index in [1.807, 2.05) is 43.3 Å². The summed E-state index contributed by atoms with van der Waals surface area (Å²) in [6.45, 7) is 3.66. The lowest BCUT2D eigenvalue weighted by Gasteiger charge is -2.19. The van der Waals surface area contributed by atoms with Gasteiger partial charge in [0, 0.05) is 17.2 Å². The van der Waals surface area contributed by atoms with Gasteiger partial charge in [0.25, 0.3) is 5.56 Å². The van der Waals surface area contributed by atoms with Gasteiger partial charge in [0.15, 0.2) is 0 Å². The number of nitriles is 2. The van der Waals surface area contributed by atoms with Crippen LogP contribution in [-0.2, 0) is 0 Å². The lowest BCUT2D eigenvalue weighted by atomic mass is 9.80. The molecule has 1 atom stereocenters. The van der Waals surface area contributed by atoms with Crippen molar-refractivity contribution in [1.82, 2.24) is 10.2 Å². The fourth-order valence-electron chi connectivity index (χ4n) is 2.45. The highest BCUT2D eigenvalue weighted by Gasteiger charge is 2.30. The van der Waals surface area contributed by atoms with Crippen LogP contribution in [0.5, 0.6) is 0 Å². The van der Waals surface area contributed by atoms with Crippen LogP contribution in [0, 0.1) is 42.4 Å². The predicted molar refractivity (Wildman–Crippen MR) is 73.9 cm³/mol. The Kier molecular flexibility index (Phi) is 3.72. The van der Waals surface area contributed by atoms with Crippen LogP contribution in [0.2, 0.25) is 0 Å². The fourth-order valence-corrected chi connectivity index (χ4v) is 2.45. The van der Waals surface area contributed by atoms with Crippen LogP contribution in [-0.4, -0.2) is 10.2 Å². The molecule has 0 bridgehead atoms. The van der Waals surface area contributed by atoms with Crippen LogP contribution in [0.4, 0.5) is 0 Å². The van der Waals surface area contributed by atoms with Gasteiger partial charge in [-0.2, -0.15) is 10.5 Å². The van der Waals surface area contributed by atoms with E-state index in [1.165, 1.54) is 0 Å². The topological polar surface area (TPSA) is 96.2 Å². The Labute approximate surface area is 116 Å². The first-order chi connectivity index (χ1) is 9.60. The number of aromatic nitrogens is 2. The summed E-state index contributed by atoms with van der Waals surface area (Å²) >= 11 is 0. The second-order valence-corrected chi connectivity index (χ2v) is 4.69. The number of nitrogens with one attached hydrogen (secondary N) is 2. The molecule has 1 aromatic carbocycles. The molecule has 1 heterocycles. The molecule has 2 rings (SSSR count). The average Bonchev–Trinajstić information content (AvgIpc) is 2.77. The number of hydrogen-bond acceptors (Lipinski definition) is 3. The number of aryl methyl sites for hydroxylation is 2. The zero-order valence-electron chi connectivity index (χ0n) is 11.3. The van der Waals surface area contributed by atoms with Gasteiger partial charge in [0.2, 0.25) is 0 Å². The number of rotatable bonds is 3. The van der Waals surface area contributed by atoms with Crippen LogP contribution in [0.15, 0.2) is 29.1 Å². The van der Waals surface area contributed by atoms with Crippen molar-refractivity contribution in [2.45, 2.75) is 19.8 Å². The molecule has 0 saturated heterocycles. The standard InChI is InChI=1S/C15H14N4O/c1-9-5-3-4-6-12(9)14(11(7-16)8-17)13-10(2)18-19-15(13)20/h3-6,11,14H,1-2H3,(H2,18,19,20)/t14-/m1/s1. The van der Waals surface area contributed by atoms with Gasteiger partial charge >= 0.3 is 0 Å². The van der Waals surface area contributed by atoms with Crippen molar-refractivity contribution < 1.29 is 0 Å². The first-order valence-electron chi connectivity index (χ1n) is 6.22. The highest BCUT2D eigenvalue weighted by Crippen LogP contribution is 2.32. The van der Waals surface area contributed by atoms with Crippen molar-refractivity contribution in [3.05, 3.63) is 57.0 Å². The number of hydrogen-bond donors (Lipinski definition) is 2. The highest BCUT2D eigenvalue weighted by atomic mass is 16.1. The van der Waals surface area contributed by atoms with E-state index in [0.717, 1.165) is 11.1 Å². The van der Waals surface area contributed by atoms with Crippen molar-refractivity contribution in [3.63, 3.8) is 0 Å². The van der Waals surface area contributed by atoms with Crippen LogP contribution in [0.25, 0.3) is 0 Å². The van der Waals surface area contributed by atoms with Gasteiger partial charge in [-0.05, 0) is 25.0 Å². The highest BCUT2D eigenvalue weighted by molar-refractivity contribution is 5.41. The lowest BCUT2D eigenvalue weighted by Crippen LogP contribution is -2.20. The molecule has 2 N–H and O–H groups in total. The van der Waals surface area contributed by atoms with Crippen molar-refractivity contribution in [2.24, 2.45) is 5.92 Å². The predicted octanol–water partition coefficient (Wildman–Crippen LogP) is 2.12. The Morgan fingerprint density at radius 3 is 2.25 bits per heavy atom. The number of benzene rings is 1. The van der Waals surface area contributed by atoms with E-state index < -0.39 is 11.8 Å². The smallest absolute Gasteiger partial charge is 0.268 e. The molecule has 0 unspecified atom stereocenters. The van der Waals surface area contributed by atoms with E-state index in [9.17, 15) is 15.3 Å². The van der Waals surface area contributed by atoms with E-state index in [0.29, 0.717) is 11.3 Å². The molecule has 0 aliphatic rings. The number of nitrogens with zero attached hydrogens (tertiary/aromatic N) is 2. The summed E-state index contributed by atoms with van der Waals surface area (Å²) in [5.74, 6) is -1.46. The van der Waals surface area contributed by atoms with E-state index in [-0.39, 0.29) is 5.56 Å². The molecule has 0 aliphatic carbocycles. The van der Waals surface area contributed by atoms with Gasteiger partial charge in [-0.1, -0.05) is 24.3 Å². The van der Waals surface area contributed by atoms with E-state index in [1.54, 1.807) is 6.92 Å². The van der Waals surface area contributed by atoms with Crippen LogP contribution >= 0.6 is 0 Å². The van der Waals surface area contributed by atoms with E-state index >= 15 is 0 Å². The molecule has 0 aliphatic heterocycles. The summed E-state index contributed by atoms with van der Waals surface area (Å²) in [6.07, 6.45) is 0. The molecule has 0 saturated carbocycles. The van der Waals surface area contributed by atoms with Gasteiger partial charge in [0.05, 0.1) is 12.1 Å². The maximum absolute atomic E-state index is 12.0. The minimum atomic E-state index is -0.910. The normalized spacial score (nSPS) is 11.8. The van der Waals surface area contributed by atoms with Gasteiger partial charge in [0.1, 0.15) is 5.92 Å². The Bertz CT molecular complexity index is 743. The lowest BCUT2D eigenvalue weighted by molar-refractivity contribution is 0.696. The quantitative estimate of drug-likeness (QED) is 0.890. The van der Waals surface area contributed by atoms with Gasteiger partial charge < -0.3 is 5.10 Å². The number of H-pyrrole nitrogens is 2. The zero-order valence-corrected chi connectivity index (χ0v) is 11.3. The molecule has 2 aromatic rings. The maximum Gasteiger partial charge on any atom is 0.268 e. The molecule has 5 heteroatoms. The molecular formula is C15H14N4O. The third-order valence-corrected chi connectivity index (χ3v) is 3.46. The van der Waals surface area contributed by atoms with Crippen molar-refractivity contribution >= 4 is 0 Å². The summed E-state index contributed by atoms with van der Waals surface area (Å²) in [4.78, 5) is 12.0. The molecule has 0 radical (unpaired) electrons. The minimum Gasteiger partial charge on any atom is -0.302 e. The molecule has 5 nitrogen and oxygen atoms in total. The monoisotopic (exact) mass is 266 g/mol. The Morgan fingerprint density at radius 1 is 1.10 bits per heavy atom. The van der Waals surface area contributed by atoms with Crippen LogP contribution in [0.3, 0.4) is 0 Å². The van der Waals surface area contributed by atoms with Gasteiger partial charge in [-0.3, -0.25) is 9.89 Å². The largest absolute Gasteiger partial charge is 0.302 e. The maximum atomic E-state index is 12.0. The fraction of sp³-hybridized carbons (Fsp3) is 0.267. The van der Waals surface area contributed by atoms with Crippen molar-refractivity contribution in [1.29, 1.82) is 10.5 Å². The van der Waals surface area contributed by atoms with Crippen LogP contribution in [0.1, 0.15) is 28.3 Å². The van der Waals surface area contributed by atoms with E-state index in [2.05, 4.69) is 10.2 Å². The SMILES string of the molecule is Cc1ccccc1[C@H](c1c(C)[nH][nH]c1=O)C(C#N)C#N. The third kappa shape index (κ3) is 2.22. The first-order valence-corrected chi connectivity index (χ1v) is 6.22. The molecule has 20 heavy (non-hydrogen) atoms. The number of aromatic amines is 2. The average molecular weight is 266 g/mol. The minimum absolute atomic E-state index is 0.286. The molecule has 100 valence electrons. The van der Waals surface area contributed by atoms with Crippen molar-refractivity contribution in [2.75, 3.05) is 0 Å². The third-order valence-electron chi connectivity index (χ3n) is 3.46. The zero-order chi connectivity index (χ0) is 14.7. The molecule has 0 amide bonds. The summed E-state index contributed by atoms with van der Waals surface area (Å²) in [7, 11) is 0. The second kappa shape index (κ2) is 5.46. The summed E-state index contributed by atoms with van der Waals surface area (Å²) in [5.41, 5.74) is 2.60. The second-order valence-electron chi connectivity index (χ2n) is 4.69. The van der Waals surface area contributed by atoms with E-state index in [4.69, 9.17) is 0 Å². The Balaban J connectivity index is 2.71.